The first-order valence-electron chi connectivity index (χ1n) is 4.84. The van der Waals surface area contributed by atoms with E-state index in [1.54, 1.807) is 0 Å². The SMILES string of the molecule is CC1(C)CCc2ccc(Cl)cc2C1. The van der Waals surface area contributed by atoms with Crippen LogP contribution in [0.15, 0.2) is 18.2 Å². The molecule has 0 aromatic heterocycles. The first kappa shape index (κ1) is 9.08. The zero-order valence-electron chi connectivity index (χ0n) is 8.23. The smallest absolute Gasteiger partial charge is 0.0408 e. The van der Waals surface area contributed by atoms with Crippen LogP contribution in [0.5, 0.6) is 0 Å². The Bertz CT molecular complexity index is 326. The van der Waals surface area contributed by atoms with Gasteiger partial charge in [0.05, 0.1) is 0 Å². The second kappa shape index (κ2) is 3.02. The molecule has 1 heteroatoms. The number of hydrogen-bond donors (Lipinski definition) is 0. The summed E-state index contributed by atoms with van der Waals surface area (Å²) >= 11 is 5.97. The molecule has 1 aromatic rings. The number of benzene rings is 1. The highest BCUT2D eigenvalue weighted by Gasteiger charge is 2.24. The molecule has 1 aliphatic carbocycles. The van der Waals surface area contributed by atoms with E-state index in [0.29, 0.717) is 5.41 Å². The van der Waals surface area contributed by atoms with E-state index in [0.717, 1.165) is 5.02 Å². The Kier molecular flexibility index (Phi) is 2.11. The van der Waals surface area contributed by atoms with Gasteiger partial charge in [-0.1, -0.05) is 31.5 Å². The van der Waals surface area contributed by atoms with E-state index >= 15 is 0 Å². The molecule has 0 saturated carbocycles. The highest BCUT2D eigenvalue weighted by atomic mass is 35.5. The Morgan fingerprint density at radius 3 is 2.77 bits per heavy atom. The van der Waals surface area contributed by atoms with Crippen molar-refractivity contribution in [1.82, 2.24) is 0 Å². The second-order valence-electron chi connectivity index (χ2n) is 4.75. The predicted octanol–water partition coefficient (Wildman–Crippen LogP) is 3.85. The lowest BCUT2D eigenvalue weighted by molar-refractivity contribution is 0.315. The van der Waals surface area contributed by atoms with Crippen LogP contribution in [-0.2, 0) is 12.8 Å². The fourth-order valence-corrected chi connectivity index (χ4v) is 2.27. The zero-order valence-corrected chi connectivity index (χ0v) is 8.99. The molecular formula is C12H15Cl. The normalized spacial score (nSPS) is 19.6. The standard InChI is InChI=1S/C12H15Cl/c1-12(2)6-5-9-3-4-11(13)7-10(9)8-12/h3-4,7H,5-6,8H2,1-2H3. The average molecular weight is 195 g/mol. The molecular weight excluding hydrogens is 180 g/mol. The molecule has 0 spiro atoms. The number of fused-ring (bicyclic) bond motifs is 1. The Balaban J connectivity index is 2.38. The summed E-state index contributed by atoms with van der Waals surface area (Å²) < 4.78 is 0. The van der Waals surface area contributed by atoms with Gasteiger partial charge in [-0.2, -0.15) is 0 Å². The third kappa shape index (κ3) is 1.88. The highest BCUT2D eigenvalue weighted by molar-refractivity contribution is 6.30. The fraction of sp³-hybridized carbons (Fsp3) is 0.500. The molecule has 13 heavy (non-hydrogen) atoms. The van der Waals surface area contributed by atoms with Crippen LogP contribution in [0.25, 0.3) is 0 Å². The van der Waals surface area contributed by atoms with Gasteiger partial charge in [0.2, 0.25) is 0 Å². The van der Waals surface area contributed by atoms with Crippen LogP contribution in [0.3, 0.4) is 0 Å². The Hall–Kier alpha value is -0.490. The number of rotatable bonds is 0. The van der Waals surface area contributed by atoms with Crippen LogP contribution in [-0.4, -0.2) is 0 Å². The molecule has 2 rings (SSSR count). The maximum absolute atomic E-state index is 5.97. The van der Waals surface area contributed by atoms with E-state index in [9.17, 15) is 0 Å². The van der Waals surface area contributed by atoms with Gasteiger partial charge in [-0.05, 0) is 47.9 Å². The molecule has 1 aromatic carbocycles. The predicted molar refractivity (Wildman–Crippen MR) is 57.3 cm³/mol. The summed E-state index contributed by atoms with van der Waals surface area (Å²) in [7, 11) is 0. The van der Waals surface area contributed by atoms with Crippen molar-refractivity contribution >= 4 is 11.6 Å². The Morgan fingerprint density at radius 1 is 1.23 bits per heavy atom. The minimum Gasteiger partial charge on any atom is -0.0843 e. The largest absolute Gasteiger partial charge is 0.0843 e. The number of hydrogen-bond acceptors (Lipinski definition) is 0. The Labute approximate surface area is 84.9 Å². The van der Waals surface area contributed by atoms with Crippen LogP contribution < -0.4 is 0 Å². The molecule has 0 aliphatic heterocycles. The van der Waals surface area contributed by atoms with E-state index < -0.39 is 0 Å². The van der Waals surface area contributed by atoms with Gasteiger partial charge in [0.15, 0.2) is 0 Å². The third-order valence-electron chi connectivity index (χ3n) is 2.91. The lowest BCUT2D eigenvalue weighted by Crippen LogP contribution is -2.21. The van der Waals surface area contributed by atoms with E-state index in [1.165, 1.54) is 30.4 Å². The molecule has 0 nitrogen and oxygen atoms in total. The van der Waals surface area contributed by atoms with Crippen molar-refractivity contribution in [1.29, 1.82) is 0 Å². The van der Waals surface area contributed by atoms with Crippen molar-refractivity contribution < 1.29 is 0 Å². The average Bonchev–Trinajstić information content (AvgIpc) is 2.01. The lowest BCUT2D eigenvalue weighted by Gasteiger charge is -2.31. The summed E-state index contributed by atoms with van der Waals surface area (Å²) in [5, 5.41) is 0.872. The summed E-state index contributed by atoms with van der Waals surface area (Å²) in [5.74, 6) is 0. The van der Waals surface area contributed by atoms with Crippen molar-refractivity contribution in [2.45, 2.75) is 33.1 Å². The first-order valence-corrected chi connectivity index (χ1v) is 5.22. The van der Waals surface area contributed by atoms with Gasteiger partial charge in [-0.3, -0.25) is 0 Å². The van der Waals surface area contributed by atoms with Crippen molar-refractivity contribution in [3.63, 3.8) is 0 Å². The molecule has 70 valence electrons. The minimum atomic E-state index is 0.456. The van der Waals surface area contributed by atoms with Gasteiger partial charge in [0.1, 0.15) is 0 Å². The van der Waals surface area contributed by atoms with Crippen LogP contribution in [0.1, 0.15) is 31.4 Å². The monoisotopic (exact) mass is 194 g/mol. The molecule has 0 atom stereocenters. The summed E-state index contributed by atoms with van der Waals surface area (Å²) in [5.41, 5.74) is 3.39. The van der Waals surface area contributed by atoms with Crippen molar-refractivity contribution in [2.75, 3.05) is 0 Å². The molecule has 0 N–H and O–H groups in total. The van der Waals surface area contributed by atoms with Gasteiger partial charge in [-0.25, -0.2) is 0 Å². The summed E-state index contributed by atoms with van der Waals surface area (Å²) in [6.45, 7) is 4.66. The van der Waals surface area contributed by atoms with Crippen molar-refractivity contribution in [3.05, 3.63) is 34.3 Å². The van der Waals surface area contributed by atoms with Crippen molar-refractivity contribution in [2.24, 2.45) is 5.41 Å². The molecule has 0 fully saturated rings. The van der Waals surface area contributed by atoms with E-state index in [4.69, 9.17) is 11.6 Å². The molecule has 0 amide bonds. The topological polar surface area (TPSA) is 0 Å². The molecule has 0 saturated heterocycles. The van der Waals surface area contributed by atoms with Gasteiger partial charge in [-0.15, -0.1) is 0 Å². The maximum atomic E-state index is 5.97. The Morgan fingerprint density at radius 2 is 2.00 bits per heavy atom. The summed E-state index contributed by atoms with van der Waals surface area (Å²) in [6, 6.07) is 6.30. The van der Waals surface area contributed by atoms with E-state index in [2.05, 4.69) is 26.0 Å². The zero-order chi connectivity index (χ0) is 9.47. The maximum Gasteiger partial charge on any atom is 0.0408 e. The second-order valence-corrected chi connectivity index (χ2v) is 5.19. The van der Waals surface area contributed by atoms with Crippen molar-refractivity contribution in [3.8, 4) is 0 Å². The molecule has 0 unspecified atom stereocenters. The highest BCUT2D eigenvalue weighted by Crippen LogP contribution is 2.35. The number of halogens is 1. The van der Waals surface area contributed by atoms with Gasteiger partial charge >= 0.3 is 0 Å². The quantitative estimate of drug-likeness (QED) is 0.589. The van der Waals surface area contributed by atoms with Gasteiger partial charge in [0.25, 0.3) is 0 Å². The molecule has 1 aliphatic rings. The van der Waals surface area contributed by atoms with Crippen LogP contribution in [0.2, 0.25) is 5.02 Å². The molecule has 0 radical (unpaired) electrons. The van der Waals surface area contributed by atoms with Gasteiger partial charge in [0, 0.05) is 5.02 Å². The van der Waals surface area contributed by atoms with Crippen LogP contribution in [0.4, 0.5) is 0 Å². The molecule has 0 heterocycles. The minimum absolute atomic E-state index is 0.456. The molecule has 0 bridgehead atoms. The van der Waals surface area contributed by atoms with E-state index in [-0.39, 0.29) is 0 Å². The fourth-order valence-electron chi connectivity index (χ4n) is 2.08. The van der Waals surface area contributed by atoms with Crippen LogP contribution in [0, 0.1) is 5.41 Å². The first-order chi connectivity index (χ1) is 6.07. The summed E-state index contributed by atoms with van der Waals surface area (Å²) in [4.78, 5) is 0. The summed E-state index contributed by atoms with van der Waals surface area (Å²) in [6.07, 6.45) is 3.67. The third-order valence-corrected chi connectivity index (χ3v) is 3.14. The lowest BCUT2D eigenvalue weighted by atomic mass is 9.74. The van der Waals surface area contributed by atoms with Crippen LogP contribution >= 0.6 is 11.6 Å². The van der Waals surface area contributed by atoms with Gasteiger partial charge < -0.3 is 0 Å². The van der Waals surface area contributed by atoms with E-state index in [1.807, 2.05) is 6.07 Å². The number of aryl methyl sites for hydroxylation is 1.